The second kappa shape index (κ2) is 9.99. The molecule has 0 amide bonds. The van der Waals surface area contributed by atoms with Crippen molar-refractivity contribution in [1.29, 1.82) is 0 Å². The normalized spacial score (nSPS) is 14.7. The van der Waals surface area contributed by atoms with Gasteiger partial charge >= 0.3 is 0 Å². The van der Waals surface area contributed by atoms with E-state index in [0.717, 1.165) is 30.2 Å². The van der Waals surface area contributed by atoms with Gasteiger partial charge in [0.05, 0.1) is 30.3 Å². The Kier molecular flexibility index (Phi) is 6.45. The quantitative estimate of drug-likeness (QED) is 0.372. The van der Waals surface area contributed by atoms with E-state index in [-0.39, 0.29) is 5.82 Å². The van der Waals surface area contributed by atoms with Gasteiger partial charge in [-0.15, -0.1) is 0 Å². The molecule has 1 saturated heterocycles. The van der Waals surface area contributed by atoms with E-state index in [4.69, 9.17) is 19.8 Å². The van der Waals surface area contributed by atoms with Crippen LogP contribution in [0.2, 0.25) is 0 Å². The fraction of sp³-hybridized carbons (Fsp3) is 0.185. The van der Waals surface area contributed by atoms with Gasteiger partial charge in [0.15, 0.2) is 11.5 Å². The minimum Gasteiger partial charge on any atom is -0.378 e. The summed E-state index contributed by atoms with van der Waals surface area (Å²) in [6, 6.07) is 12.0. The Balaban J connectivity index is 1.65. The highest BCUT2D eigenvalue weighted by Crippen LogP contribution is 2.28. The number of hydrogen-bond donors (Lipinski definition) is 0. The molecule has 0 aliphatic carbocycles. The molecule has 7 nitrogen and oxygen atoms in total. The van der Waals surface area contributed by atoms with E-state index >= 15 is 0 Å². The van der Waals surface area contributed by atoms with Crippen molar-refractivity contribution in [2.45, 2.75) is 6.92 Å². The van der Waals surface area contributed by atoms with E-state index in [1.165, 1.54) is 12.1 Å². The Labute approximate surface area is 202 Å². The third-order valence-corrected chi connectivity index (χ3v) is 5.68. The highest BCUT2D eigenvalue weighted by Gasteiger charge is 2.19. The predicted octanol–water partition coefficient (Wildman–Crippen LogP) is 4.97. The van der Waals surface area contributed by atoms with Crippen molar-refractivity contribution in [3.05, 3.63) is 91.1 Å². The summed E-state index contributed by atoms with van der Waals surface area (Å²) < 4.78 is 21.2. The first-order valence-electron chi connectivity index (χ1n) is 11.4. The number of aromatic nitrogens is 5. The Hall–Kier alpha value is -4.17. The molecular weight excluding hydrogens is 443 g/mol. The summed E-state index contributed by atoms with van der Waals surface area (Å²) in [6.45, 7) is 8.57. The maximum atomic E-state index is 13.8. The van der Waals surface area contributed by atoms with Crippen molar-refractivity contribution in [2.24, 2.45) is 0 Å². The summed E-state index contributed by atoms with van der Waals surface area (Å²) in [5, 5.41) is 4.86. The largest absolute Gasteiger partial charge is 0.378 e. The summed E-state index contributed by atoms with van der Waals surface area (Å²) in [5.41, 5.74) is 4.38. The van der Waals surface area contributed by atoms with Gasteiger partial charge in [0, 0.05) is 42.6 Å². The monoisotopic (exact) mass is 468 g/mol. The standard InChI is InChI=1S/C27H25FN6O/c1-3-6-19(7-4-2)23-17-25-30-24(18-26(34(25)32-23)33-12-14-35-15-13-33)22-10-11-29-27(31-22)20-8-5-9-21(28)16-20/h3-11,16-18H,1,12-15H2,2H3/b7-4-,19-6+. The zero-order valence-corrected chi connectivity index (χ0v) is 19.4. The minimum absolute atomic E-state index is 0.332. The molecule has 5 rings (SSSR count). The third kappa shape index (κ3) is 4.74. The molecule has 0 bridgehead atoms. The Bertz CT molecular complexity index is 1430. The molecule has 1 aliphatic rings. The number of fused-ring (bicyclic) bond motifs is 1. The summed E-state index contributed by atoms with van der Waals surface area (Å²) in [5.74, 6) is 1.01. The number of halogens is 1. The smallest absolute Gasteiger partial charge is 0.159 e. The molecule has 0 atom stereocenters. The molecule has 176 valence electrons. The van der Waals surface area contributed by atoms with Gasteiger partial charge in [-0.3, -0.25) is 0 Å². The van der Waals surface area contributed by atoms with Crippen LogP contribution in [0.4, 0.5) is 10.2 Å². The van der Waals surface area contributed by atoms with E-state index in [1.54, 1.807) is 24.4 Å². The van der Waals surface area contributed by atoms with Crippen molar-refractivity contribution in [3.63, 3.8) is 0 Å². The van der Waals surface area contributed by atoms with Gasteiger partial charge in [0.25, 0.3) is 0 Å². The lowest BCUT2D eigenvalue weighted by atomic mass is 10.1. The lowest BCUT2D eigenvalue weighted by Gasteiger charge is -2.29. The average Bonchev–Trinajstić information content (AvgIpc) is 3.33. The Morgan fingerprint density at radius 2 is 1.94 bits per heavy atom. The van der Waals surface area contributed by atoms with Gasteiger partial charge in [-0.05, 0) is 25.1 Å². The van der Waals surface area contributed by atoms with E-state index in [0.29, 0.717) is 41.6 Å². The van der Waals surface area contributed by atoms with Gasteiger partial charge in [-0.1, -0.05) is 43.0 Å². The molecule has 4 aromatic rings. The molecule has 4 heterocycles. The fourth-order valence-electron chi connectivity index (χ4n) is 4.05. The van der Waals surface area contributed by atoms with Crippen LogP contribution >= 0.6 is 0 Å². The van der Waals surface area contributed by atoms with Crippen molar-refractivity contribution in [3.8, 4) is 22.8 Å². The summed E-state index contributed by atoms with van der Waals surface area (Å²) >= 11 is 0. The van der Waals surface area contributed by atoms with Crippen LogP contribution in [0.15, 0.2) is 79.5 Å². The zero-order valence-electron chi connectivity index (χ0n) is 19.4. The van der Waals surface area contributed by atoms with Gasteiger partial charge < -0.3 is 9.64 Å². The SMILES string of the molecule is C=C/C=C(\C=C/C)c1cc2nc(-c3ccnc(-c4cccc(F)c4)n3)cc(N3CCOCC3)n2n1. The fourth-order valence-corrected chi connectivity index (χ4v) is 4.05. The van der Waals surface area contributed by atoms with Crippen LogP contribution in [0, 0.1) is 5.82 Å². The molecule has 0 radical (unpaired) electrons. The molecule has 0 unspecified atom stereocenters. The number of hydrogen-bond acceptors (Lipinski definition) is 6. The van der Waals surface area contributed by atoms with Crippen molar-refractivity contribution in [2.75, 3.05) is 31.2 Å². The number of anilines is 1. The molecule has 1 aliphatic heterocycles. The van der Waals surface area contributed by atoms with E-state index in [1.807, 2.05) is 47.9 Å². The highest BCUT2D eigenvalue weighted by atomic mass is 19.1. The first kappa shape index (κ1) is 22.6. The van der Waals surface area contributed by atoms with Gasteiger partial charge in [-0.25, -0.2) is 19.3 Å². The van der Waals surface area contributed by atoms with E-state index < -0.39 is 0 Å². The lowest BCUT2D eigenvalue weighted by Crippen LogP contribution is -2.37. The second-order valence-corrected chi connectivity index (χ2v) is 8.03. The van der Waals surface area contributed by atoms with Crippen LogP contribution < -0.4 is 4.90 Å². The summed E-state index contributed by atoms with van der Waals surface area (Å²) in [4.78, 5) is 16.2. The number of nitrogens with zero attached hydrogens (tertiary/aromatic N) is 6. The van der Waals surface area contributed by atoms with Crippen LogP contribution in [0.3, 0.4) is 0 Å². The Morgan fingerprint density at radius 3 is 2.71 bits per heavy atom. The van der Waals surface area contributed by atoms with Gasteiger partial charge in [0.1, 0.15) is 11.6 Å². The average molecular weight is 469 g/mol. The van der Waals surface area contributed by atoms with Crippen LogP contribution in [-0.2, 0) is 4.74 Å². The van der Waals surface area contributed by atoms with Crippen molar-refractivity contribution >= 4 is 17.0 Å². The number of allylic oxidation sites excluding steroid dienone is 5. The van der Waals surface area contributed by atoms with Crippen LogP contribution in [0.25, 0.3) is 34.0 Å². The topological polar surface area (TPSA) is 68.4 Å². The third-order valence-electron chi connectivity index (χ3n) is 5.68. The van der Waals surface area contributed by atoms with Gasteiger partial charge in [-0.2, -0.15) is 9.61 Å². The molecule has 0 N–H and O–H groups in total. The predicted molar refractivity (Wildman–Crippen MR) is 135 cm³/mol. The number of ether oxygens (including phenoxy) is 1. The second-order valence-electron chi connectivity index (χ2n) is 8.03. The Morgan fingerprint density at radius 1 is 1.09 bits per heavy atom. The minimum atomic E-state index is -0.332. The van der Waals surface area contributed by atoms with Crippen LogP contribution in [0.5, 0.6) is 0 Å². The number of rotatable bonds is 6. The van der Waals surface area contributed by atoms with Crippen LogP contribution in [0.1, 0.15) is 12.6 Å². The van der Waals surface area contributed by atoms with E-state index in [9.17, 15) is 4.39 Å². The molecule has 0 spiro atoms. The first-order valence-corrected chi connectivity index (χ1v) is 11.4. The number of benzene rings is 1. The van der Waals surface area contributed by atoms with E-state index in [2.05, 4.69) is 16.5 Å². The van der Waals surface area contributed by atoms with Crippen molar-refractivity contribution in [1.82, 2.24) is 24.6 Å². The summed E-state index contributed by atoms with van der Waals surface area (Å²) in [6.07, 6.45) is 9.30. The summed E-state index contributed by atoms with van der Waals surface area (Å²) in [7, 11) is 0. The molecule has 0 saturated carbocycles. The van der Waals surface area contributed by atoms with Gasteiger partial charge in [0.2, 0.25) is 0 Å². The molecule has 8 heteroatoms. The molecule has 1 aromatic carbocycles. The van der Waals surface area contributed by atoms with Crippen molar-refractivity contribution < 1.29 is 9.13 Å². The lowest BCUT2D eigenvalue weighted by molar-refractivity contribution is 0.122. The molecule has 3 aromatic heterocycles. The molecular formula is C27H25FN6O. The molecule has 35 heavy (non-hydrogen) atoms. The maximum absolute atomic E-state index is 13.8. The number of morpholine rings is 1. The molecule has 1 fully saturated rings. The van der Waals surface area contributed by atoms with Crippen LogP contribution in [-0.4, -0.2) is 50.9 Å². The zero-order chi connectivity index (χ0) is 24.2. The maximum Gasteiger partial charge on any atom is 0.159 e. The first-order chi connectivity index (χ1) is 17.2. The highest BCUT2D eigenvalue weighted by molar-refractivity contribution is 5.76.